The van der Waals surface area contributed by atoms with E-state index in [1.807, 2.05) is 0 Å². The Morgan fingerprint density at radius 1 is 1.25 bits per heavy atom. The summed E-state index contributed by atoms with van der Waals surface area (Å²) in [6.45, 7) is 1.01. The number of carbonyl (C=O) groups excluding carboxylic acids is 1. The third-order valence-corrected chi connectivity index (χ3v) is 2.59. The molecule has 20 heavy (non-hydrogen) atoms. The Morgan fingerprint density at radius 2 is 1.85 bits per heavy atom. The van der Waals surface area contributed by atoms with E-state index in [9.17, 15) is 18.0 Å². The van der Waals surface area contributed by atoms with Crippen molar-refractivity contribution in [2.75, 3.05) is 7.11 Å². The van der Waals surface area contributed by atoms with Crippen molar-refractivity contribution in [3.63, 3.8) is 0 Å². The van der Waals surface area contributed by atoms with Gasteiger partial charge in [-0.1, -0.05) is 5.21 Å². The SMILES string of the molecule is COc1ccc(-n2nnc(C(C)=O)c2C(F)(F)F)cc1. The highest BCUT2D eigenvalue weighted by Crippen LogP contribution is 2.33. The second kappa shape index (κ2) is 4.95. The summed E-state index contributed by atoms with van der Waals surface area (Å²) in [6, 6.07) is 5.77. The van der Waals surface area contributed by atoms with Crippen LogP contribution >= 0.6 is 0 Å². The second-order valence-corrected chi connectivity index (χ2v) is 3.95. The van der Waals surface area contributed by atoms with Crippen molar-refractivity contribution in [2.45, 2.75) is 13.1 Å². The Balaban J connectivity index is 2.59. The normalized spacial score (nSPS) is 11.4. The van der Waals surface area contributed by atoms with E-state index in [1.165, 1.54) is 31.4 Å². The van der Waals surface area contributed by atoms with Gasteiger partial charge in [-0.3, -0.25) is 4.79 Å². The number of hydrogen-bond donors (Lipinski definition) is 0. The van der Waals surface area contributed by atoms with E-state index in [0.29, 0.717) is 10.4 Å². The summed E-state index contributed by atoms with van der Waals surface area (Å²) in [5, 5.41) is 6.73. The Bertz CT molecular complexity index is 632. The lowest BCUT2D eigenvalue weighted by Gasteiger charge is -2.10. The smallest absolute Gasteiger partial charge is 0.435 e. The summed E-state index contributed by atoms with van der Waals surface area (Å²) in [5.41, 5.74) is -1.75. The molecule has 0 amide bonds. The molecule has 0 N–H and O–H groups in total. The molecule has 0 atom stereocenters. The highest BCUT2D eigenvalue weighted by atomic mass is 19.4. The zero-order chi connectivity index (χ0) is 14.9. The van der Waals surface area contributed by atoms with E-state index in [0.717, 1.165) is 6.92 Å². The van der Waals surface area contributed by atoms with Gasteiger partial charge in [0.05, 0.1) is 12.8 Å². The van der Waals surface area contributed by atoms with Crippen molar-refractivity contribution in [1.29, 1.82) is 0 Å². The highest BCUT2D eigenvalue weighted by Gasteiger charge is 2.41. The Morgan fingerprint density at radius 3 is 2.30 bits per heavy atom. The fourth-order valence-corrected chi connectivity index (χ4v) is 1.68. The van der Waals surface area contributed by atoms with Gasteiger partial charge in [0.2, 0.25) is 0 Å². The number of nitrogens with zero attached hydrogens (tertiary/aromatic N) is 3. The molecule has 0 bridgehead atoms. The van der Waals surface area contributed by atoms with Crippen molar-refractivity contribution in [2.24, 2.45) is 0 Å². The maximum Gasteiger partial charge on any atom is 0.435 e. The molecule has 0 radical (unpaired) electrons. The van der Waals surface area contributed by atoms with Gasteiger partial charge in [0.25, 0.3) is 0 Å². The summed E-state index contributed by atoms with van der Waals surface area (Å²) in [7, 11) is 1.44. The minimum absolute atomic E-state index is 0.137. The van der Waals surface area contributed by atoms with Crippen LogP contribution in [-0.2, 0) is 6.18 Å². The number of aromatic nitrogens is 3. The zero-order valence-electron chi connectivity index (χ0n) is 10.6. The topological polar surface area (TPSA) is 57.0 Å². The first-order valence-electron chi connectivity index (χ1n) is 5.53. The van der Waals surface area contributed by atoms with Gasteiger partial charge in [0.15, 0.2) is 17.2 Å². The number of ketones is 1. The minimum Gasteiger partial charge on any atom is -0.497 e. The van der Waals surface area contributed by atoms with E-state index < -0.39 is 23.3 Å². The molecule has 0 saturated heterocycles. The molecule has 106 valence electrons. The molecule has 1 heterocycles. The number of ether oxygens (including phenoxy) is 1. The van der Waals surface area contributed by atoms with Crippen LogP contribution in [0.25, 0.3) is 5.69 Å². The first-order chi connectivity index (χ1) is 9.34. The van der Waals surface area contributed by atoms with Crippen molar-refractivity contribution in [3.8, 4) is 11.4 Å². The van der Waals surface area contributed by atoms with Gasteiger partial charge < -0.3 is 4.74 Å². The lowest BCUT2D eigenvalue weighted by atomic mass is 10.2. The number of rotatable bonds is 3. The standard InChI is InChI=1S/C12H10F3N3O2/c1-7(19)10-11(12(13,14)15)18(17-16-10)8-3-5-9(20-2)6-4-8/h3-6H,1-2H3. The van der Waals surface area contributed by atoms with Crippen LogP contribution in [0.3, 0.4) is 0 Å². The number of alkyl halides is 3. The first kappa shape index (κ1) is 14.0. The molecular formula is C12H10F3N3O2. The molecule has 0 spiro atoms. The second-order valence-electron chi connectivity index (χ2n) is 3.95. The molecule has 0 saturated carbocycles. The van der Waals surface area contributed by atoms with E-state index in [2.05, 4.69) is 10.3 Å². The van der Waals surface area contributed by atoms with E-state index in [-0.39, 0.29) is 5.69 Å². The van der Waals surface area contributed by atoms with Crippen molar-refractivity contribution in [3.05, 3.63) is 35.7 Å². The summed E-state index contributed by atoms with van der Waals surface area (Å²) < 4.78 is 44.7. The van der Waals surface area contributed by atoms with Gasteiger partial charge in [0.1, 0.15) is 5.75 Å². The van der Waals surface area contributed by atoms with Crippen LogP contribution in [0.4, 0.5) is 13.2 Å². The fourth-order valence-electron chi connectivity index (χ4n) is 1.68. The Labute approximate surface area is 112 Å². The van der Waals surface area contributed by atoms with E-state index >= 15 is 0 Å². The average Bonchev–Trinajstić information content (AvgIpc) is 2.83. The summed E-state index contributed by atoms with van der Waals surface area (Å²) >= 11 is 0. The molecule has 0 fully saturated rings. The third kappa shape index (κ3) is 2.49. The lowest BCUT2D eigenvalue weighted by molar-refractivity contribution is -0.143. The van der Waals surface area contributed by atoms with Gasteiger partial charge in [0, 0.05) is 6.92 Å². The number of methoxy groups -OCH3 is 1. The maximum atomic E-state index is 13.1. The molecule has 2 aromatic rings. The zero-order valence-corrected chi connectivity index (χ0v) is 10.6. The molecule has 0 aliphatic carbocycles. The monoisotopic (exact) mass is 285 g/mol. The number of hydrogen-bond acceptors (Lipinski definition) is 4. The van der Waals surface area contributed by atoms with Gasteiger partial charge in [-0.2, -0.15) is 13.2 Å². The van der Waals surface area contributed by atoms with E-state index in [4.69, 9.17) is 4.74 Å². The molecule has 0 aliphatic rings. The van der Waals surface area contributed by atoms with Crippen molar-refractivity contribution >= 4 is 5.78 Å². The van der Waals surface area contributed by atoms with Crippen LogP contribution in [0.2, 0.25) is 0 Å². The summed E-state index contributed by atoms with van der Waals surface area (Å²) in [5.74, 6) is -0.300. The maximum absolute atomic E-state index is 13.1. The van der Waals surface area contributed by atoms with Crippen LogP contribution in [0.1, 0.15) is 23.1 Å². The Kier molecular flexibility index (Phi) is 3.47. The summed E-state index contributed by atoms with van der Waals surface area (Å²) in [6.07, 6.45) is -4.73. The van der Waals surface area contributed by atoms with Crippen LogP contribution in [0.5, 0.6) is 5.75 Å². The van der Waals surface area contributed by atoms with Gasteiger partial charge >= 0.3 is 6.18 Å². The van der Waals surface area contributed by atoms with Crippen molar-refractivity contribution < 1.29 is 22.7 Å². The number of benzene rings is 1. The number of carbonyl (C=O) groups is 1. The van der Waals surface area contributed by atoms with Crippen LogP contribution in [-0.4, -0.2) is 27.9 Å². The quantitative estimate of drug-likeness (QED) is 0.813. The number of Topliss-reactive ketones (excluding diaryl/α,β-unsaturated/α-hetero) is 1. The van der Waals surface area contributed by atoms with Crippen LogP contribution < -0.4 is 4.74 Å². The first-order valence-corrected chi connectivity index (χ1v) is 5.53. The van der Waals surface area contributed by atoms with Gasteiger partial charge in [-0.25, -0.2) is 4.68 Å². The highest BCUT2D eigenvalue weighted by molar-refractivity contribution is 5.93. The van der Waals surface area contributed by atoms with Gasteiger partial charge in [-0.15, -0.1) is 5.10 Å². The molecule has 0 unspecified atom stereocenters. The molecular weight excluding hydrogens is 275 g/mol. The average molecular weight is 285 g/mol. The molecule has 0 aliphatic heterocycles. The Hall–Kier alpha value is -2.38. The largest absolute Gasteiger partial charge is 0.497 e. The van der Waals surface area contributed by atoms with Gasteiger partial charge in [-0.05, 0) is 24.3 Å². The van der Waals surface area contributed by atoms with E-state index in [1.54, 1.807) is 0 Å². The predicted molar refractivity (Wildman–Crippen MR) is 62.9 cm³/mol. The summed E-state index contributed by atoms with van der Waals surface area (Å²) in [4.78, 5) is 11.2. The predicted octanol–water partition coefficient (Wildman–Crippen LogP) is 2.50. The molecule has 8 heteroatoms. The third-order valence-electron chi connectivity index (χ3n) is 2.59. The fraction of sp³-hybridized carbons (Fsp3) is 0.250. The lowest BCUT2D eigenvalue weighted by Crippen LogP contribution is -2.16. The van der Waals surface area contributed by atoms with Crippen LogP contribution in [0, 0.1) is 0 Å². The number of halogens is 3. The molecule has 2 rings (SSSR count). The van der Waals surface area contributed by atoms with Crippen molar-refractivity contribution in [1.82, 2.24) is 15.0 Å². The van der Waals surface area contributed by atoms with Crippen LogP contribution in [0.15, 0.2) is 24.3 Å². The minimum atomic E-state index is -4.73. The molecule has 5 nitrogen and oxygen atoms in total. The molecule has 1 aromatic carbocycles. The molecule has 1 aromatic heterocycles.